The number of nitrogens with two attached hydrogens (primary N) is 1. The van der Waals surface area contributed by atoms with Crippen molar-refractivity contribution in [3.8, 4) is 23.2 Å². The number of aromatic nitrogens is 2. The molecule has 2 heterocycles. The standard InChI is InChI=1S/C22H21N5O/c1-13-4-6-15(7-5-13)20-19-18(14-8-10-16(11-9-14)27(2)3)17(12-23)21(24)28-22(19)26-25-20/h4-11,18H,24H2,1-3H3,(H,25,26)/t18-/m0/s1. The fourth-order valence-electron chi connectivity index (χ4n) is 3.48. The number of nitrogens with one attached hydrogen (secondary N) is 1. The summed E-state index contributed by atoms with van der Waals surface area (Å²) >= 11 is 0. The summed E-state index contributed by atoms with van der Waals surface area (Å²) in [6, 6.07) is 18.5. The van der Waals surface area contributed by atoms with Crippen LogP contribution in [0.2, 0.25) is 0 Å². The molecule has 6 nitrogen and oxygen atoms in total. The van der Waals surface area contributed by atoms with Crippen LogP contribution >= 0.6 is 0 Å². The molecular formula is C22H21N5O. The van der Waals surface area contributed by atoms with Gasteiger partial charge in [0.25, 0.3) is 0 Å². The number of hydrogen-bond acceptors (Lipinski definition) is 5. The van der Waals surface area contributed by atoms with Crippen LogP contribution in [0.1, 0.15) is 22.6 Å². The van der Waals surface area contributed by atoms with Crippen LogP contribution in [-0.2, 0) is 0 Å². The van der Waals surface area contributed by atoms with E-state index in [0.717, 1.165) is 28.1 Å². The highest BCUT2D eigenvalue weighted by atomic mass is 16.5. The largest absolute Gasteiger partial charge is 0.420 e. The van der Waals surface area contributed by atoms with E-state index in [1.165, 1.54) is 5.56 Å². The fraction of sp³-hybridized carbons (Fsp3) is 0.182. The van der Waals surface area contributed by atoms with Crippen LogP contribution in [0.5, 0.6) is 5.88 Å². The predicted molar refractivity (Wildman–Crippen MR) is 109 cm³/mol. The second-order valence-electron chi connectivity index (χ2n) is 7.09. The molecule has 0 amide bonds. The van der Waals surface area contributed by atoms with Crippen molar-refractivity contribution in [2.24, 2.45) is 5.73 Å². The second-order valence-corrected chi connectivity index (χ2v) is 7.09. The highest BCUT2D eigenvalue weighted by Crippen LogP contribution is 2.45. The Kier molecular flexibility index (Phi) is 4.28. The summed E-state index contributed by atoms with van der Waals surface area (Å²) in [7, 11) is 3.98. The summed E-state index contributed by atoms with van der Waals surface area (Å²) in [6.45, 7) is 2.04. The van der Waals surface area contributed by atoms with Crippen molar-refractivity contribution in [1.82, 2.24) is 10.2 Å². The van der Waals surface area contributed by atoms with Crippen LogP contribution < -0.4 is 15.4 Å². The van der Waals surface area contributed by atoms with Crippen molar-refractivity contribution in [3.63, 3.8) is 0 Å². The Morgan fingerprint density at radius 3 is 2.39 bits per heavy atom. The molecule has 0 fully saturated rings. The lowest BCUT2D eigenvalue weighted by molar-refractivity contribution is 0.379. The van der Waals surface area contributed by atoms with Gasteiger partial charge in [-0.25, -0.2) is 0 Å². The summed E-state index contributed by atoms with van der Waals surface area (Å²) in [5.74, 6) is 0.160. The first-order chi connectivity index (χ1) is 13.5. The SMILES string of the molecule is Cc1ccc(-c2[nH]nc3c2[C@@H](c2ccc(N(C)C)cc2)C(C#N)=C(N)O3)cc1. The predicted octanol–water partition coefficient (Wildman–Crippen LogP) is 3.67. The highest BCUT2D eigenvalue weighted by Gasteiger charge is 2.35. The Morgan fingerprint density at radius 2 is 1.79 bits per heavy atom. The number of benzene rings is 2. The van der Waals surface area contributed by atoms with Crippen molar-refractivity contribution in [3.05, 3.63) is 76.7 Å². The molecule has 3 aromatic rings. The smallest absolute Gasteiger partial charge is 0.244 e. The van der Waals surface area contributed by atoms with E-state index in [1.54, 1.807) is 0 Å². The van der Waals surface area contributed by atoms with Crippen molar-refractivity contribution < 1.29 is 4.74 Å². The Bertz CT molecular complexity index is 1090. The van der Waals surface area contributed by atoms with Gasteiger partial charge in [0.1, 0.15) is 11.6 Å². The molecule has 1 aliphatic heterocycles. The number of hydrogen-bond donors (Lipinski definition) is 2. The number of anilines is 1. The van der Waals surface area contributed by atoms with Gasteiger partial charge >= 0.3 is 0 Å². The molecule has 1 aliphatic rings. The van der Waals surface area contributed by atoms with Gasteiger partial charge in [0.2, 0.25) is 11.8 Å². The molecule has 0 aliphatic carbocycles. The lowest BCUT2D eigenvalue weighted by Gasteiger charge is -2.24. The molecule has 28 heavy (non-hydrogen) atoms. The maximum absolute atomic E-state index is 9.79. The first kappa shape index (κ1) is 17.7. The maximum Gasteiger partial charge on any atom is 0.244 e. The number of nitriles is 1. The number of fused-ring (bicyclic) bond motifs is 1. The van der Waals surface area contributed by atoms with Crippen LogP contribution in [0.15, 0.2) is 60.0 Å². The van der Waals surface area contributed by atoms with Gasteiger partial charge in [-0.15, -0.1) is 5.10 Å². The average molecular weight is 371 g/mol. The molecule has 0 saturated heterocycles. The molecule has 4 rings (SSSR count). The fourth-order valence-corrected chi connectivity index (χ4v) is 3.48. The maximum atomic E-state index is 9.79. The molecule has 1 atom stereocenters. The van der Waals surface area contributed by atoms with E-state index in [0.29, 0.717) is 11.5 Å². The first-order valence-corrected chi connectivity index (χ1v) is 8.99. The molecule has 0 saturated carbocycles. The lowest BCUT2D eigenvalue weighted by Crippen LogP contribution is -2.21. The van der Waals surface area contributed by atoms with E-state index < -0.39 is 0 Å². The van der Waals surface area contributed by atoms with Crippen molar-refractivity contribution in [2.45, 2.75) is 12.8 Å². The molecular weight excluding hydrogens is 350 g/mol. The van der Waals surface area contributed by atoms with Crippen LogP contribution in [-0.4, -0.2) is 24.3 Å². The van der Waals surface area contributed by atoms with Crippen molar-refractivity contribution in [2.75, 3.05) is 19.0 Å². The number of ether oxygens (including phenoxy) is 1. The average Bonchev–Trinajstić information content (AvgIpc) is 3.10. The number of allylic oxidation sites excluding steroid dienone is 1. The minimum Gasteiger partial charge on any atom is -0.420 e. The van der Waals surface area contributed by atoms with Crippen LogP contribution in [0, 0.1) is 18.3 Å². The molecule has 0 radical (unpaired) electrons. The van der Waals surface area contributed by atoms with Gasteiger partial charge in [0, 0.05) is 25.3 Å². The van der Waals surface area contributed by atoms with Gasteiger partial charge < -0.3 is 15.4 Å². The van der Waals surface area contributed by atoms with Crippen LogP contribution in [0.25, 0.3) is 11.3 Å². The van der Waals surface area contributed by atoms with E-state index >= 15 is 0 Å². The third-order valence-electron chi connectivity index (χ3n) is 5.02. The van der Waals surface area contributed by atoms with Gasteiger partial charge in [0.15, 0.2) is 0 Å². The monoisotopic (exact) mass is 371 g/mol. The number of nitrogens with zero attached hydrogens (tertiary/aromatic N) is 3. The van der Waals surface area contributed by atoms with Crippen molar-refractivity contribution in [1.29, 1.82) is 5.26 Å². The number of aromatic amines is 1. The molecule has 0 bridgehead atoms. The van der Waals surface area contributed by atoms with Gasteiger partial charge in [-0.2, -0.15) is 5.26 Å². The van der Waals surface area contributed by atoms with Gasteiger partial charge in [-0.05, 0) is 24.6 Å². The molecule has 6 heteroatoms. The Labute approximate surface area is 163 Å². The zero-order valence-corrected chi connectivity index (χ0v) is 16.0. The van der Waals surface area contributed by atoms with E-state index in [2.05, 4.69) is 16.3 Å². The van der Waals surface area contributed by atoms with Crippen LogP contribution in [0.3, 0.4) is 0 Å². The van der Waals surface area contributed by atoms with Crippen molar-refractivity contribution >= 4 is 5.69 Å². The third-order valence-corrected chi connectivity index (χ3v) is 5.02. The topological polar surface area (TPSA) is 91.0 Å². The van der Waals surface area contributed by atoms with Gasteiger partial charge in [0.05, 0.1) is 17.2 Å². The first-order valence-electron chi connectivity index (χ1n) is 8.99. The summed E-state index contributed by atoms with van der Waals surface area (Å²) in [6.07, 6.45) is 0. The third kappa shape index (κ3) is 2.87. The summed E-state index contributed by atoms with van der Waals surface area (Å²) < 4.78 is 5.66. The summed E-state index contributed by atoms with van der Waals surface area (Å²) in [5.41, 5.74) is 12.3. The summed E-state index contributed by atoms with van der Waals surface area (Å²) in [5, 5.41) is 17.2. The van der Waals surface area contributed by atoms with E-state index in [1.807, 2.05) is 74.4 Å². The van der Waals surface area contributed by atoms with E-state index in [9.17, 15) is 5.26 Å². The van der Waals surface area contributed by atoms with E-state index in [4.69, 9.17) is 10.5 Å². The Hall–Kier alpha value is -3.72. The minimum absolute atomic E-state index is 0.0960. The number of rotatable bonds is 3. The zero-order valence-electron chi connectivity index (χ0n) is 16.0. The minimum atomic E-state index is -0.347. The Balaban J connectivity index is 1.89. The molecule has 3 N–H and O–H groups in total. The highest BCUT2D eigenvalue weighted by molar-refractivity contribution is 5.71. The molecule has 2 aromatic carbocycles. The quantitative estimate of drug-likeness (QED) is 0.733. The number of H-pyrrole nitrogens is 1. The molecule has 140 valence electrons. The molecule has 1 aromatic heterocycles. The van der Waals surface area contributed by atoms with Gasteiger partial charge in [-0.1, -0.05) is 42.0 Å². The normalized spacial score (nSPS) is 15.6. The Morgan fingerprint density at radius 1 is 1.11 bits per heavy atom. The van der Waals surface area contributed by atoms with Crippen LogP contribution in [0.4, 0.5) is 5.69 Å². The number of aryl methyl sites for hydroxylation is 1. The molecule has 0 unspecified atom stereocenters. The lowest BCUT2D eigenvalue weighted by atomic mass is 9.83. The molecule has 0 spiro atoms. The zero-order chi connectivity index (χ0) is 19.8. The second kappa shape index (κ2) is 6.78. The van der Waals surface area contributed by atoms with Gasteiger partial charge in [-0.3, -0.25) is 5.10 Å². The summed E-state index contributed by atoms with van der Waals surface area (Å²) in [4.78, 5) is 2.03. The van der Waals surface area contributed by atoms with E-state index in [-0.39, 0.29) is 11.8 Å².